The van der Waals surface area contributed by atoms with Crippen molar-refractivity contribution in [1.82, 2.24) is 5.32 Å². The quantitative estimate of drug-likeness (QED) is 0.0417. The fourth-order valence-electron chi connectivity index (χ4n) is 10.3. The van der Waals surface area contributed by atoms with Crippen LogP contribution in [0, 0.1) is 0 Å². The molecule has 0 aromatic rings. The van der Waals surface area contributed by atoms with E-state index < -0.39 is 12.1 Å². The summed E-state index contributed by atoms with van der Waals surface area (Å²) in [5.41, 5.74) is 0. The summed E-state index contributed by atoms with van der Waals surface area (Å²) in [5.74, 6) is -0.0170. The van der Waals surface area contributed by atoms with Gasteiger partial charge in [-0.1, -0.05) is 328 Å². The Bertz CT molecular complexity index is 990. The van der Waals surface area contributed by atoms with E-state index in [-0.39, 0.29) is 18.5 Å². The Kier molecular flexibility index (Phi) is 58.4. The third-order valence-corrected chi connectivity index (χ3v) is 15.2. The van der Waals surface area contributed by atoms with E-state index in [2.05, 4.69) is 19.2 Å². The monoisotopic (exact) mass is 976 g/mol. The van der Waals surface area contributed by atoms with E-state index in [9.17, 15) is 19.8 Å². The van der Waals surface area contributed by atoms with Gasteiger partial charge in [0, 0.05) is 12.8 Å². The zero-order valence-electron chi connectivity index (χ0n) is 47.1. The second-order valence-electron chi connectivity index (χ2n) is 22.1. The number of unbranched alkanes of at least 4 members (excludes halogenated alkanes) is 49. The van der Waals surface area contributed by atoms with Gasteiger partial charge in [-0.25, -0.2) is 0 Å². The van der Waals surface area contributed by atoms with Crippen molar-refractivity contribution in [3.63, 3.8) is 0 Å². The lowest BCUT2D eigenvalue weighted by molar-refractivity contribution is -0.143. The summed E-state index contributed by atoms with van der Waals surface area (Å²) >= 11 is 0. The molecule has 2 atom stereocenters. The summed E-state index contributed by atoms with van der Waals surface area (Å²) < 4.78 is 5.48. The summed E-state index contributed by atoms with van der Waals surface area (Å²) in [4.78, 5) is 24.5. The third kappa shape index (κ3) is 56.0. The summed E-state index contributed by atoms with van der Waals surface area (Å²) in [6, 6.07) is -0.541. The van der Waals surface area contributed by atoms with Gasteiger partial charge in [-0.05, 0) is 25.7 Å². The van der Waals surface area contributed by atoms with Crippen molar-refractivity contribution in [3.05, 3.63) is 0 Å². The lowest BCUT2D eigenvalue weighted by atomic mass is 10.0. The molecule has 0 saturated carbocycles. The van der Waals surface area contributed by atoms with E-state index in [1.54, 1.807) is 0 Å². The molecule has 0 fully saturated rings. The summed E-state index contributed by atoms with van der Waals surface area (Å²) in [6.07, 6.45) is 69.7. The third-order valence-electron chi connectivity index (χ3n) is 15.2. The number of nitrogens with one attached hydrogen (secondary N) is 1. The van der Waals surface area contributed by atoms with Gasteiger partial charge in [0.25, 0.3) is 0 Å². The maximum atomic E-state index is 12.5. The predicted molar refractivity (Wildman–Crippen MR) is 301 cm³/mol. The molecule has 0 aliphatic carbocycles. The first-order chi connectivity index (χ1) is 34.0. The molecule has 0 aliphatic rings. The Labute approximate surface area is 432 Å². The maximum absolute atomic E-state index is 12.5. The summed E-state index contributed by atoms with van der Waals surface area (Å²) in [6.45, 7) is 4.99. The van der Waals surface area contributed by atoms with Gasteiger partial charge in [-0.2, -0.15) is 0 Å². The van der Waals surface area contributed by atoms with Crippen LogP contribution in [0.1, 0.15) is 367 Å². The van der Waals surface area contributed by atoms with Crippen molar-refractivity contribution >= 4 is 11.9 Å². The van der Waals surface area contributed by atoms with Gasteiger partial charge in [-0.15, -0.1) is 0 Å². The minimum absolute atomic E-state index is 0.0147. The standard InChI is InChI=1S/C63H125NO5/c1-3-5-7-9-11-13-15-17-18-19-25-28-32-35-39-43-47-51-55-61(66)60(59-65)64-62(67)56-52-48-44-40-36-33-29-26-23-21-20-22-24-27-30-34-38-42-46-50-54-58-69-63(68)57-53-49-45-41-37-31-16-14-12-10-8-6-4-2/h60-61,65-66H,3-59H2,1-2H3,(H,64,67). The molecular formula is C63H125NO5. The average molecular weight is 977 g/mol. The number of esters is 1. The van der Waals surface area contributed by atoms with Crippen molar-refractivity contribution in [2.75, 3.05) is 13.2 Å². The highest BCUT2D eigenvalue weighted by atomic mass is 16.5. The molecule has 0 radical (unpaired) electrons. The highest BCUT2D eigenvalue weighted by Gasteiger charge is 2.20. The Morgan fingerprint density at radius 2 is 0.594 bits per heavy atom. The van der Waals surface area contributed by atoms with Crippen LogP contribution < -0.4 is 5.32 Å². The van der Waals surface area contributed by atoms with Gasteiger partial charge in [0.05, 0.1) is 25.4 Å². The zero-order valence-corrected chi connectivity index (χ0v) is 47.1. The van der Waals surface area contributed by atoms with Gasteiger partial charge in [0.15, 0.2) is 0 Å². The van der Waals surface area contributed by atoms with Crippen LogP contribution >= 0.6 is 0 Å². The molecule has 0 heterocycles. The number of rotatable bonds is 60. The Morgan fingerprint density at radius 1 is 0.348 bits per heavy atom. The lowest BCUT2D eigenvalue weighted by Crippen LogP contribution is -2.45. The predicted octanol–water partition coefficient (Wildman–Crippen LogP) is 19.9. The van der Waals surface area contributed by atoms with Crippen LogP contribution in [-0.2, 0) is 14.3 Å². The van der Waals surface area contributed by atoms with E-state index in [0.717, 1.165) is 38.5 Å². The van der Waals surface area contributed by atoms with E-state index in [0.29, 0.717) is 25.9 Å². The van der Waals surface area contributed by atoms with Crippen LogP contribution in [0.4, 0.5) is 0 Å². The first-order valence-electron chi connectivity index (χ1n) is 31.8. The molecule has 0 saturated heterocycles. The van der Waals surface area contributed by atoms with Crippen molar-refractivity contribution in [2.24, 2.45) is 0 Å². The first-order valence-corrected chi connectivity index (χ1v) is 31.8. The second kappa shape index (κ2) is 59.4. The molecule has 0 aliphatic heterocycles. The molecule has 2 unspecified atom stereocenters. The number of hydrogen-bond donors (Lipinski definition) is 3. The minimum atomic E-state index is -0.664. The topological polar surface area (TPSA) is 95.9 Å². The van der Waals surface area contributed by atoms with Crippen LogP contribution in [0.3, 0.4) is 0 Å². The summed E-state index contributed by atoms with van der Waals surface area (Å²) in [5, 5.41) is 23.4. The zero-order chi connectivity index (χ0) is 50.0. The van der Waals surface area contributed by atoms with E-state index in [4.69, 9.17) is 4.74 Å². The van der Waals surface area contributed by atoms with Gasteiger partial charge in [-0.3, -0.25) is 9.59 Å². The highest BCUT2D eigenvalue weighted by molar-refractivity contribution is 5.76. The SMILES string of the molecule is CCCCCCCCCCCCCCCCCCCCC(O)C(CO)NC(=O)CCCCCCCCCCCCCCCCCCCCCCCOC(=O)CCCCCCCCCCCCCCC. The average Bonchev–Trinajstić information content (AvgIpc) is 3.35. The lowest BCUT2D eigenvalue weighted by Gasteiger charge is -2.22. The number of aliphatic hydroxyl groups is 2. The van der Waals surface area contributed by atoms with Gasteiger partial charge < -0.3 is 20.3 Å². The minimum Gasteiger partial charge on any atom is -0.466 e. The van der Waals surface area contributed by atoms with Crippen LogP contribution in [0.5, 0.6) is 0 Å². The normalized spacial score (nSPS) is 12.5. The second-order valence-corrected chi connectivity index (χ2v) is 22.1. The van der Waals surface area contributed by atoms with E-state index >= 15 is 0 Å². The van der Waals surface area contributed by atoms with Crippen molar-refractivity contribution in [3.8, 4) is 0 Å². The molecule has 0 bridgehead atoms. The highest BCUT2D eigenvalue weighted by Crippen LogP contribution is 2.19. The van der Waals surface area contributed by atoms with Crippen molar-refractivity contribution < 1.29 is 24.5 Å². The molecule has 0 spiro atoms. The number of carbonyl (C=O) groups excluding carboxylic acids is 2. The Morgan fingerprint density at radius 3 is 0.884 bits per heavy atom. The number of amides is 1. The Balaban J connectivity index is 3.37. The summed E-state index contributed by atoms with van der Waals surface area (Å²) in [7, 11) is 0. The Hall–Kier alpha value is -1.14. The molecule has 69 heavy (non-hydrogen) atoms. The molecular weight excluding hydrogens is 851 g/mol. The van der Waals surface area contributed by atoms with Crippen LogP contribution in [-0.4, -0.2) is 47.4 Å². The molecule has 6 nitrogen and oxygen atoms in total. The van der Waals surface area contributed by atoms with Crippen molar-refractivity contribution in [1.29, 1.82) is 0 Å². The van der Waals surface area contributed by atoms with Gasteiger partial charge in [0.1, 0.15) is 0 Å². The molecule has 1 amide bonds. The van der Waals surface area contributed by atoms with Gasteiger partial charge >= 0.3 is 5.97 Å². The smallest absolute Gasteiger partial charge is 0.305 e. The fourth-order valence-corrected chi connectivity index (χ4v) is 10.3. The molecule has 0 aromatic carbocycles. The van der Waals surface area contributed by atoms with E-state index in [1.807, 2.05) is 0 Å². The molecule has 0 rings (SSSR count). The van der Waals surface area contributed by atoms with Crippen LogP contribution in [0.2, 0.25) is 0 Å². The van der Waals surface area contributed by atoms with Gasteiger partial charge in [0.2, 0.25) is 5.91 Å². The largest absolute Gasteiger partial charge is 0.466 e. The molecule has 6 heteroatoms. The number of aliphatic hydroxyl groups excluding tert-OH is 2. The molecule has 0 aromatic heterocycles. The molecule has 3 N–H and O–H groups in total. The van der Waals surface area contributed by atoms with Crippen LogP contribution in [0.15, 0.2) is 0 Å². The number of hydrogen-bond acceptors (Lipinski definition) is 5. The first kappa shape index (κ1) is 67.9. The maximum Gasteiger partial charge on any atom is 0.305 e. The fraction of sp³-hybridized carbons (Fsp3) is 0.968. The number of ether oxygens (including phenoxy) is 1. The van der Waals surface area contributed by atoms with Crippen molar-refractivity contribution in [2.45, 2.75) is 379 Å². The molecule has 412 valence electrons. The van der Waals surface area contributed by atoms with E-state index in [1.165, 1.54) is 295 Å². The van der Waals surface area contributed by atoms with Crippen LogP contribution in [0.25, 0.3) is 0 Å². The number of carbonyl (C=O) groups is 2.